The van der Waals surface area contributed by atoms with Gasteiger partial charge < -0.3 is 5.32 Å². The SMILES string of the molecule is CCCNC(c1ccc(C(C)C)cc1)c1cc(Br)c(C)s1. The summed E-state index contributed by atoms with van der Waals surface area (Å²) in [7, 11) is 0. The summed E-state index contributed by atoms with van der Waals surface area (Å²) in [5.74, 6) is 0.583. The summed E-state index contributed by atoms with van der Waals surface area (Å²) in [6, 6.07) is 11.6. The molecule has 0 fully saturated rings. The van der Waals surface area contributed by atoms with E-state index in [2.05, 4.69) is 79.3 Å². The maximum absolute atomic E-state index is 3.68. The summed E-state index contributed by atoms with van der Waals surface area (Å²) < 4.78 is 1.21. The fourth-order valence-corrected chi connectivity index (χ4v) is 4.03. The van der Waals surface area contributed by atoms with Gasteiger partial charge in [0.25, 0.3) is 0 Å². The summed E-state index contributed by atoms with van der Waals surface area (Å²) in [6.07, 6.45) is 1.14. The van der Waals surface area contributed by atoms with Crippen molar-refractivity contribution >= 4 is 27.3 Å². The van der Waals surface area contributed by atoms with E-state index in [9.17, 15) is 0 Å². The molecule has 1 nitrogen and oxygen atoms in total. The zero-order chi connectivity index (χ0) is 15.4. The van der Waals surface area contributed by atoms with E-state index < -0.39 is 0 Å². The quantitative estimate of drug-likeness (QED) is 0.658. The summed E-state index contributed by atoms with van der Waals surface area (Å²) in [4.78, 5) is 2.72. The highest BCUT2D eigenvalue weighted by Gasteiger charge is 2.17. The molecule has 1 N–H and O–H groups in total. The number of thiophene rings is 1. The number of nitrogens with one attached hydrogen (secondary N) is 1. The third kappa shape index (κ3) is 4.18. The van der Waals surface area contributed by atoms with Crippen molar-refractivity contribution in [2.45, 2.75) is 46.1 Å². The maximum Gasteiger partial charge on any atom is 0.0671 e. The number of benzene rings is 1. The van der Waals surface area contributed by atoms with Crippen LogP contribution in [-0.4, -0.2) is 6.54 Å². The zero-order valence-corrected chi connectivity index (χ0v) is 15.6. The van der Waals surface area contributed by atoms with Crippen LogP contribution in [0.2, 0.25) is 0 Å². The van der Waals surface area contributed by atoms with Gasteiger partial charge in [-0.15, -0.1) is 11.3 Å². The Hall–Kier alpha value is -0.640. The van der Waals surface area contributed by atoms with Gasteiger partial charge >= 0.3 is 0 Å². The molecule has 2 rings (SSSR count). The minimum absolute atomic E-state index is 0.293. The molecule has 1 unspecified atom stereocenters. The lowest BCUT2D eigenvalue weighted by Gasteiger charge is -2.18. The Labute approximate surface area is 140 Å². The van der Waals surface area contributed by atoms with Crippen LogP contribution in [0.25, 0.3) is 0 Å². The van der Waals surface area contributed by atoms with Crippen LogP contribution >= 0.6 is 27.3 Å². The first kappa shape index (κ1) is 16.7. The Kier molecular flexibility index (Phi) is 6.03. The van der Waals surface area contributed by atoms with E-state index in [4.69, 9.17) is 0 Å². The van der Waals surface area contributed by atoms with Gasteiger partial charge in [-0.1, -0.05) is 45.0 Å². The van der Waals surface area contributed by atoms with Crippen molar-refractivity contribution in [3.8, 4) is 0 Å². The molecule has 3 heteroatoms. The second-order valence-corrected chi connectivity index (χ2v) is 7.90. The molecule has 1 heterocycles. The van der Waals surface area contributed by atoms with Crippen LogP contribution in [0, 0.1) is 6.92 Å². The first-order valence-corrected chi connectivity index (χ1v) is 9.23. The van der Waals surface area contributed by atoms with Crippen molar-refractivity contribution in [3.63, 3.8) is 0 Å². The molecule has 0 amide bonds. The summed E-state index contributed by atoms with van der Waals surface area (Å²) in [5.41, 5.74) is 2.75. The molecule has 0 spiro atoms. The topological polar surface area (TPSA) is 12.0 Å². The average Bonchev–Trinajstić information content (AvgIpc) is 2.79. The molecule has 0 aliphatic carbocycles. The number of hydrogen-bond donors (Lipinski definition) is 1. The first-order valence-electron chi connectivity index (χ1n) is 7.62. The number of rotatable bonds is 6. The predicted molar refractivity (Wildman–Crippen MR) is 97.4 cm³/mol. The van der Waals surface area contributed by atoms with E-state index in [1.807, 2.05) is 11.3 Å². The number of aryl methyl sites for hydroxylation is 1. The van der Waals surface area contributed by atoms with Crippen molar-refractivity contribution in [3.05, 3.63) is 55.7 Å². The third-order valence-corrected chi connectivity index (χ3v) is 5.90. The van der Waals surface area contributed by atoms with E-state index >= 15 is 0 Å². The second kappa shape index (κ2) is 7.57. The Morgan fingerprint density at radius 2 is 1.76 bits per heavy atom. The van der Waals surface area contributed by atoms with Crippen LogP contribution in [0.5, 0.6) is 0 Å². The molecule has 2 aromatic rings. The fourth-order valence-electron chi connectivity index (χ4n) is 2.37. The molecule has 0 aliphatic heterocycles. The van der Waals surface area contributed by atoms with Gasteiger partial charge in [0.05, 0.1) is 6.04 Å². The van der Waals surface area contributed by atoms with Gasteiger partial charge in [-0.2, -0.15) is 0 Å². The van der Waals surface area contributed by atoms with E-state index in [0.29, 0.717) is 12.0 Å². The molecule has 0 bridgehead atoms. The van der Waals surface area contributed by atoms with Crippen LogP contribution in [-0.2, 0) is 0 Å². The highest BCUT2D eigenvalue weighted by Crippen LogP contribution is 2.34. The van der Waals surface area contributed by atoms with E-state index in [-0.39, 0.29) is 0 Å². The largest absolute Gasteiger partial charge is 0.306 e. The molecule has 21 heavy (non-hydrogen) atoms. The Morgan fingerprint density at radius 3 is 2.24 bits per heavy atom. The molecule has 1 aromatic carbocycles. The molecule has 1 aromatic heterocycles. The van der Waals surface area contributed by atoms with Crippen LogP contribution < -0.4 is 5.32 Å². The summed E-state index contributed by atoms with van der Waals surface area (Å²) in [6.45, 7) is 9.88. The smallest absolute Gasteiger partial charge is 0.0671 e. The van der Waals surface area contributed by atoms with Gasteiger partial charge in [-0.3, -0.25) is 0 Å². The summed E-state index contributed by atoms with van der Waals surface area (Å²) in [5, 5.41) is 3.68. The fraction of sp³-hybridized carbons (Fsp3) is 0.444. The van der Waals surface area contributed by atoms with Gasteiger partial charge in [0.15, 0.2) is 0 Å². The predicted octanol–water partition coefficient (Wildman–Crippen LogP) is 6.03. The minimum atomic E-state index is 0.293. The second-order valence-electron chi connectivity index (χ2n) is 5.76. The van der Waals surface area contributed by atoms with Crippen LogP contribution in [0.3, 0.4) is 0 Å². The Morgan fingerprint density at radius 1 is 1.14 bits per heavy atom. The van der Waals surface area contributed by atoms with Crippen LogP contribution in [0.1, 0.15) is 60.0 Å². The van der Waals surface area contributed by atoms with Gasteiger partial charge in [0.2, 0.25) is 0 Å². The molecule has 1 atom stereocenters. The molecule has 0 saturated carbocycles. The normalized spacial score (nSPS) is 12.9. The minimum Gasteiger partial charge on any atom is -0.306 e. The molecule has 114 valence electrons. The monoisotopic (exact) mass is 365 g/mol. The highest BCUT2D eigenvalue weighted by atomic mass is 79.9. The van der Waals surface area contributed by atoms with E-state index in [1.165, 1.54) is 25.4 Å². The van der Waals surface area contributed by atoms with Crippen molar-refractivity contribution < 1.29 is 0 Å². The molecular weight excluding hydrogens is 342 g/mol. The zero-order valence-electron chi connectivity index (χ0n) is 13.2. The standard InChI is InChI=1S/C18H24BrNS/c1-5-10-20-18(17-11-16(19)13(4)21-17)15-8-6-14(7-9-15)12(2)3/h6-9,11-12,18,20H,5,10H2,1-4H3. The lowest BCUT2D eigenvalue weighted by atomic mass is 9.98. The lowest BCUT2D eigenvalue weighted by molar-refractivity contribution is 0.605. The van der Waals surface area contributed by atoms with Gasteiger partial charge in [0, 0.05) is 14.2 Å². The van der Waals surface area contributed by atoms with Gasteiger partial charge in [0.1, 0.15) is 0 Å². The van der Waals surface area contributed by atoms with E-state index in [0.717, 1.165) is 13.0 Å². The molecule has 0 radical (unpaired) electrons. The third-order valence-electron chi connectivity index (χ3n) is 3.70. The van der Waals surface area contributed by atoms with Crippen LogP contribution in [0.15, 0.2) is 34.8 Å². The molecule has 0 saturated heterocycles. The number of hydrogen-bond acceptors (Lipinski definition) is 2. The van der Waals surface area contributed by atoms with Crippen molar-refractivity contribution in [2.24, 2.45) is 0 Å². The van der Waals surface area contributed by atoms with E-state index in [1.54, 1.807) is 0 Å². The average molecular weight is 366 g/mol. The highest BCUT2D eigenvalue weighted by molar-refractivity contribution is 9.10. The summed E-state index contributed by atoms with van der Waals surface area (Å²) >= 11 is 5.51. The van der Waals surface area contributed by atoms with Gasteiger partial charge in [-0.05, 0) is 58.9 Å². The van der Waals surface area contributed by atoms with Crippen LogP contribution in [0.4, 0.5) is 0 Å². The molecular formula is C18H24BrNS. The Bertz CT molecular complexity index is 552. The maximum atomic E-state index is 3.68. The Balaban J connectivity index is 2.30. The van der Waals surface area contributed by atoms with Crippen molar-refractivity contribution in [1.82, 2.24) is 5.32 Å². The number of halogens is 1. The van der Waals surface area contributed by atoms with Crippen molar-refractivity contribution in [1.29, 1.82) is 0 Å². The lowest BCUT2D eigenvalue weighted by Crippen LogP contribution is -2.22. The van der Waals surface area contributed by atoms with Gasteiger partial charge in [-0.25, -0.2) is 0 Å². The molecule has 0 aliphatic rings. The van der Waals surface area contributed by atoms with Crippen molar-refractivity contribution in [2.75, 3.05) is 6.54 Å². The first-order chi connectivity index (χ1) is 10.0.